The normalized spacial score (nSPS) is 10.2. The molecule has 0 aliphatic heterocycles. The fourth-order valence-corrected chi connectivity index (χ4v) is 1.88. The highest BCUT2D eigenvalue weighted by Crippen LogP contribution is 2.20. The number of anilines is 2. The number of ether oxygens (including phenoxy) is 1. The number of carbonyl (C=O) groups is 1. The zero-order valence-electron chi connectivity index (χ0n) is 9.30. The van der Waals surface area contributed by atoms with Gasteiger partial charge in [0, 0.05) is 0 Å². The fraction of sp³-hybridized carbons (Fsp3) is 0.111. The van der Waals surface area contributed by atoms with Crippen molar-refractivity contribution in [3.63, 3.8) is 0 Å². The lowest BCUT2D eigenvalue weighted by Crippen LogP contribution is -2.35. The number of nitrogens with one attached hydrogen (secondary N) is 2. The third-order valence-electron chi connectivity index (χ3n) is 1.83. The van der Waals surface area contributed by atoms with Gasteiger partial charge in [-0.1, -0.05) is 0 Å². The predicted octanol–water partition coefficient (Wildman–Crippen LogP) is 0.153. The SMILES string of the molecule is COC(=O)NS(=O)(=O)Nc1ccc(C#N)cc1N. The number of nitrogen functional groups attached to an aromatic ring is 1. The largest absolute Gasteiger partial charge is 0.452 e. The molecule has 0 fully saturated rings. The smallest absolute Gasteiger partial charge is 0.422 e. The first-order valence-electron chi connectivity index (χ1n) is 4.56. The van der Waals surface area contributed by atoms with Crippen molar-refractivity contribution in [3.05, 3.63) is 23.8 Å². The molecule has 0 aromatic heterocycles. The van der Waals surface area contributed by atoms with E-state index in [-0.39, 0.29) is 16.9 Å². The quantitative estimate of drug-likeness (QED) is 0.669. The predicted molar refractivity (Wildman–Crippen MR) is 63.7 cm³/mol. The Hall–Kier alpha value is -2.47. The number of rotatable bonds is 3. The molecule has 0 unspecified atom stereocenters. The van der Waals surface area contributed by atoms with Crippen molar-refractivity contribution in [1.29, 1.82) is 5.26 Å². The molecule has 0 saturated carbocycles. The summed E-state index contributed by atoms with van der Waals surface area (Å²) in [6.07, 6.45) is -1.13. The molecule has 0 aliphatic carbocycles. The van der Waals surface area contributed by atoms with E-state index in [2.05, 4.69) is 4.74 Å². The second-order valence-electron chi connectivity index (χ2n) is 3.11. The van der Waals surface area contributed by atoms with Gasteiger partial charge >= 0.3 is 16.3 Å². The highest BCUT2D eigenvalue weighted by Gasteiger charge is 2.15. The Bertz CT molecular complexity index is 605. The molecule has 1 rings (SSSR count). The van der Waals surface area contributed by atoms with Crippen LogP contribution in [0.4, 0.5) is 16.2 Å². The van der Waals surface area contributed by atoms with Gasteiger partial charge in [-0.25, -0.2) is 9.52 Å². The standard InChI is InChI=1S/C9H10N4O4S/c1-17-9(14)13-18(15,16)12-8-3-2-6(5-10)4-7(8)11/h2-4,12H,11H2,1H3,(H,13,14). The summed E-state index contributed by atoms with van der Waals surface area (Å²) >= 11 is 0. The molecule has 0 radical (unpaired) electrons. The number of methoxy groups -OCH3 is 1. The van der Waals surface area contributed by atoms with Crippen molar-refractivity contribution >= 4 is 27.7 Å². The van der Waals surface area contributed by atoms with Crippen LogP contribution < -0.4 is 15.2 Å². The van der Waals surface area contributed by atoms with E-state index in [4.69, 9.17) is 11.0 Å². The number of hydrogen-bond donors (Lipinski definition) is 3. The summed E-state index contributed by atoms with van der Waals surface area (Å²) < 4.78 is 30.6. The number of amides is 1. The third kappa shape index (κ3) is 3.53. The monoisotopic (exact) mass is 270 g/mol. The molecule has 0 bridgehead atoms. The van der Waals surface area contributed by atoms with E-state index in [1.807, 2.05) is 10.8 Å². The Morgan fingerprint density at radius 3 is 2.67 bits per heavy atom. The van der Waals surface area contributed by atoms with Crippen LogP contribution in [-0.2, 0) is 14.9 Å². The van der Waals surface area contributed by atoms with E-state index in [1.165, 1.54) is 18.2 Å². The van der Waals surface area contributed by atoms with Crippen LogP contribution in [0.2, 0.25) is 0 Å². The Labute approximate surface area is 104 Å². The highest BCUT2D eigenvalue weighted by atomic mass is 32.2. The summed E-state index contributed by atoms with van der Waals surface area (Å²) in [4.78, 5) is 10.8. The summed E-state index contributed by atoms with van der Waals surface area (Å²) in [5, 5.41) is 8.62. The van der Waals surface area contributed by atoms with Gasteiger partial charge in [0.15, 0.2) is 0 Å². The molecule has 0 spiro atoms. The molecule has 1 aromatic carbocycles. The number of hydrogen-bond acceptors (Lipinski definition) is 6. The van der Waals surface area contributed by atoms with Gasteiger partial charge in [0.1, 0.15) is 0 Å². The van der Waals surface area contributed by atoms with Gasteiger partial charge in [0.2, 0.25) is 0 Å². The van der Waals surface area contributed by atoms with Crippen LogP contribution in [0.5, 0.6) is 0 Å². The van der Waals surface area contributed by atoms with Gasteiger partial charge in [-0.2, -0.15) is 13.7 Å². The second kappa shape index (κ2) is 5.24. The minimum absolute atomic E-state index is 0.0467. The van der Waals surface area contributed by atoms with Gasteiger partial charge in [-0.05, 0) is 18.2 Å². The van der Waals surface area contributed by atoms with E-state index in [0.717, 1.165) is 7.11 Å². The summed E-state index contributed by atoms with van der Waals surface area (Å²) in [6.45, 7) is 0. The highest BCUT2D eigenvalue weighted by molar-refractivity contribution is 7.91. The lowest BCUT2D eigenvalue weighted by molar-refractivity contribution is 0.177. The topological polar surface area (TPSA) is 134 Å². The van der Waals surface area contributed by atoms with Crippen molar-refractivity contribution in [2.24, 2.45) is 0 Å². The third-order valence-corrected chi connectivity index (χ3v) is 2.75. The lowest BCUT2D eigenvalue weighted by Gasteiger charge is -2.10. The minimum atomic E-state index is -4.13. The fourth-order valence-electron chi connectivity index (χ4n) is 1.05. The summed E-state index contributed by atoms with van der Waals surface area (Å²) in [5.74, 6) is 0. The van der Waals surface area contributed by atoms with Crippen molar-refractivity contribution in [2.75, 3.05) is 17.6 Å². The summed E-state index contributed by atoms with van der Waals surface area (Å²) in [6, 6.07) is 5.85. The van der Waals surface area contributed by atoms with Crippen LogP contribution in [-0.4, -0.2) is 21.6 Å². The number of nitrogens with zero attached hydrogens (tertiary/aromatic N) is 1. The summed E-state index contributed by atoms with van der Waals surface area (Å²) in [7, 11) is -3.10. The van der Waals surface area contributed by atoms with E-state index in [9.17, 15) is 13.2 Å². The maximum atomic E-state index is 11.4. The van der Waals surface area contributed by atoms with E-state index in [1.54, 1.807) is 4.72 Å². The molecular weight excluding hydrogens is 260 g/mol. The average Bonchev–Trinajstić information content (AvgIpc) is 2.30. The number of benzene rings is 1. The van der Waals surface area contributed by atoms with E-state index < -0.39 is 16.3 Å². The first kappa shape index (κ1) is 13.6. The first-order chi connectivity index (χ1) is 8.38. The molecule has 1 aromatic rings. The van der Waals surface area contributed by atoms with Gasteiger partial charge in [-0.3, -0.25) is 4.72 Å². The molecule has 0 aliphatic rings. The van der Waals surface area contributed by atoms with Gasteiger partial charge in [0.25, 0.3) is 0 Å². The van der Waals surface area contributed by atoms with Crippen LogP contribution in [0.3, 0.4) is 0 Å². The van der Waals surface area contributed by atoms with Crippen LogP contribution in [0.15, 0.2) is 18.2 Å². The average molecular weight is 270 g/mol. The number of carbonyl (C=O) groups excluding carboxylic acids is 1. The molecule has 0 saturated heterocycles. The van der Waals surface area contributed by atoms with Crippen LogP contribution in [0.25, 0.3) is 0 Å². The molecule has 0 heterocycles. The van der Waals surface area contributed by atoms with Crippen LogP contribution in [0, 0.1) is 11.3 Å². The van der Waals surface area contributed by atoms with E-state index >= 15 is 0 Å². The zero-order chi connectivity index (χ0) is 13.8. The molecule has 0 atom stereocenters. The number of nitriles is 1. The Kier molecular flexibility index (Phi) is 3.96. The second-order valence-corrected chi connectivity index (χ2v) is 4.53. The molecular formula is C9H10N4O4S. The zero-order valence-corrected chi connectivity index (χ0v) is 10.1. The van der Waals surface area contributed by atoms with Gasteiger partial charge in [0.05, 0.1) is 30.1 Å². The molecule has 1 amide bonds. The maximum Gasteiger partial charge on any atom is 0.422 e. The van der Waals surface area contributed by atoms with E-state index in [0.29, 0.717) is 0 Å². The first-order valence-corrected chi connectivity index (χ1v) is 6.04. The van der Waals surface area contributed by atoms with Crippen LogP contribution >= 0.6 is 0 Å². The molecule has 9 heteroatoms. The molecule has 8 nitrogen and oxygen atoms in total. The summed E-state index contributed by atoms with van der Waals surface area (Å²) in [5.41, 5.74) is 5.94. The van der Waals surface area contributed by atoms with Crippen LogP contribution in [0.1, 0.15) is 5.56 Å². The lowest BCUT2D eigenvalue weighted by atomic mass is 10.2. The Balaban J connectivity index is 2.92. The minimum Gasteiger partial charge on any atom is -0.452 e. The van der Waals surface area contributed by atoms with Crippen molar-refractivity contribution in [2.45, 2.75) is 0 Å². The Morgan fingerprint density at radius 1 is 1.50 bits per heavy atom. The Morgan fingerprint density at radius 2 is 2.17 bits per heavy atom. The van der Waals surface area contributed by atoms with Crippen molar-refractivity contribution in [1.82, 2.24) is 4.72 Å². The van der Waals surface area contributed by atoms with Crippen molar-refractivity contribution in [3.8, 4) is 6.07 Å². The van der Waals surface area contributed by atoms with Gasteiger partial charge < -0.3 is 10.5 Å². The van der Waals surface area contributed by atoms with Crippen molar-refractivity contribution < 1.29 is 17.9 Å². The number of nitrogens with two attached hydrogens (primary N) is 1. The molecule has 4 N–H and O–H groups in total. The maximum absolute atomic E-state index is 11.4. The molecule has 96 valence electrons. The van der Waals surface area contributed by atoms with Gasteiger partial charge in [-0.15, -0.1) is 0 Å². The molecule has 18 heavy (non-hydrogen) atoms.